The van der Waals surface area contributed by atoms with Crippen LogP contribution in [0.1, 0.15) is 16.7 Å². The van der Waals surface area contributed by atoms with Crippen LogP contribution >= 0.6 is 23.2 Å². The van der Waals surface area contributed by atoms with Gasteiger partial charge in [0.25, 0.3) is 15.9 Å². The number of carbonyl (C=O) groups is 1. The number of sulfonamides is 1. The lowest BCUT2D eigenvalue weighted by atomic mass is 10.2. The topological polar surface area (TPSA) is 75.7 Å². The van der Waals surface area contributed by atoms with Crippen LogP contribution < -0.4 is 14.4 Å². The maximum absolute atomic E-state index is 13.6. The number of carbonyl (C=O) groups excluding carboxylic acids is 1. The van der Waals surface area contributed by atoms with E-state index in [1.54, 1.807) is 78.9 Å². The average molecular weight is 570 g/mol. The van der Waals surface area contributed by atoms with Gasteiger partial charge in [-0.2, -0.15) is 0 Å². The fourth-order valence-corrected chi connectivity index (χ4v) is 5.43. The predicted octanol–water partition coefficient (Wildman–Crippen LogP) is 6.39. The van der Waals surface area contributed by atoms with E-state index in [1.807, 2.05) is 25.1 Å². The lowest BCUT2D eigenvalue weighted by molar-refractivity contribution is -0.123. The van der Waals surface area contributed by atoms with Crippen molar-refractivity contribution in [3.63, 3.8) is 0 Å². The molecule has 1 amide bonds. The van der Waals surface area contributed by atoms with Gasteiger partial charge in [-0.05, 0) is 72.6 Å². The number of nitrogens with zero attached hydrogens (tertiary/aromatic N) is 1. The molecule has 0 saturated carbocycles. The Morgan fingerprint density at radius 1 is 0.868 bits per heavy atom. The number of amides is 1. The van der Waals surface area contributed by atoms with Crippen molar-refractivity contribution >= 4 is 44.8 Å². The number of nitrogens with one attached hydrogen (secondary N) is 1. The number of hydrogen-bond acceptors (Lipinski definition) is 4. The zero-order valence-electron chi connectivity index (χ0n) is 20.6. The number of aryl methyl sites for hydroxylation is 1. The third kappa shape index (κ3) is 7.07. The van der Waals surface area contributed by atoms with E-state index in [2.05, 4.69) is 5.32 Å². The lowest BCUT2D eigenvalue weighted by Crippen LogP contribution is -2.30. The monoisotopic (exact) mass is 568 g/mol. The largest absolute Gasteiger partial charge is 0.484 e. The van der Waals surface area contributed by atoms with Gasteiger partial charge < -0.3 is 10.1 Å². The van der Waals surface area contributed by atoms with Gasteiger partial charge in [0.1, 0.15) is 5.75 Å². The normalized spacial score (nSPS) is 11.1. The van der Waals surface area contributed by atoms with Crippen LogP contribution in [0.25, 0.3) is 0 Å². The highest BCUT2D eigenvalue weighted by molar-refractivity contribution is 7.92. The van der Waals surface area contributed by atoms with Crippen molar-refractivity contribution in [3.8, 4) is 5.75 Å². The molecule has 0 aliphatic rings. The molecule has 38 heavy (non-hydrogen) atoms. The first-order valence-electron chi connectivity index (χ1n) is 11.8. The smallest absolute Gasteiger partial charge is 0.264 e. The Kier molecular flexibility index (Phi) is 8.94. The maximum atomic E-state index is 13.6. The standard InChI is InChI=1S/C29H26Cl2N2O4S/c1-21-6-16-27(17-7-21)38(35,36)33(19-22-8-10-24(30)11-9-22)25-12-14-26(15-13-25)37-20-29(34)32-18-23-4-2-3-5-28(23)31/h2-17H,18-20H2,1H3,(H,32,34). The number of anilines is 1. The minimum absolute atomic E-state index is 0.109. The number of ether oxygens (including phenoxy) is 1. The van der Waals surface area contributed by atoms with Crippen LogP contribution in [-0.4, -0.2) is 20.9 Å². The Balaban J connectivity index is 1.48. The van der Waals surface area contributed by atoms with Gasteiger partial charge in [0, 0.05) is 16.6 Å². The fourth-order valence-electron chi connectivity index (χ4n) is 3.65. The summed E-state index contributed by atoms with van der Waals surface area (Å²) in [5, 5.41) is 3.91. The molecule has 0 unspecified atom stereocenters. The molecule has 0 heterocycles. The van der Waals surface area contributed by atoms with Crippen molar-refractivity contribution in [3.05, 3.63) is 124 Å². The van der Waals surface area contributed by atoms with Gasteiger partial charge in [-0.25, -0.2) is 8.42 Å². The quantitative estimate of drug-likeness (QED) is 0.240. The lowest BCUT2D eigenvalue weighted by Gasteiger charge is -2.25. The Hall–Kier alpha value is -3.52. The number of rotatable bonds is 10. The van der Waals surface area contributed by atoms with E-state index in [1.165, 1.54) is 4.31 Å². The van der Waals surface area contributed by atoms with Crippen LogP contribution in [0, 0.1) is 6.92 Å². The van der Waals surface area contributed by atoms with Gasteiger partial charge in [-0.3, -0.25) is 9.10 Å². The van der Waals surface area contributed by atoms with E-state index in [0.29, 0.717) is 21.5 Å². The molecule has 4 aromatic rings. The summed E-state index contributed by atoms with van der Waals surface area (Å²) in [7, 11) is -3.87. The Morgan fingerprint density at radius 2 is 1.53 bits per heavy atom. The summed E-state index contributed by atoms with van der Waals surface area (Å²) in [6.45, 7) is 2.10. The summed E-state index contributed by atoms with van der Waals surface area (Å²) in [6, 6.07) is 27.6. The SMILES string of the molecule is Cc1ccc(S(=O)(=O)N(Cc2ccc(Cl)cc2)c2ccc(OCC(=O)NCc3ccccc3Cl)cc2)cc1. The van der Waals surface area contributed by atoms with E-state index >= 15 is 0 Å². The fraction of sp³-hybridized carbons (Fsp3) is 0.138. The highest BCUT2D eigenvalue weighted by Gasteiger charge is 2.25. The predicted molar refractivity (Wildman–Crippen MR) is 151 cm³/mol. The molecule has 196 valence electrons. The van der Waals surface area contributed by atoms with Crippen LogP contribution in [0.3, 0.4) is 0 Å². The molecule has 1 N–H and O–H groups in total. The zero-order chi connectivity index (χ0) is 27.1. The second-order valence-corrected chi connectivity index (χ2v) is 11.3. The first-order valence-corrected chi connectivity index (χ1v) is 14.0. The molecule has 0 aliphatic carbocycles. The molecule has 0 aliphatic heterocycles. The average Bonchev–Trinajstić information content (AvgIpc) is 2.91. The van der Waals surface area contributed by atoms with Gasteiger partial charge in [0.15, 0.2) is 6.61 Å². The summed E-state index contributed by atoms with van der Waals surface area (Å²) in [6.07, 6.45) is 0. The molecule has 0 saturated heterocycles. The first-order chi connectivity index (χ1) is 18.2. The molecule has 0 spiro atoms. The van der Waals surface area contributed by atoms with Crippen LogP contribution in [0.2, 0.25) is 10.0 Å². The van der Waals surface area contributed by atoms with Crippen molar-refractivity contribution in [1.29, 1.82) is 0 Å². The molecule has 0 bridgehead atoms. The molecule has 4 aromatic carbocycles. The van der Waals surface area contributed by atoms with E-state index < -0.39 is 10.0 Å². The maximum Gasteiger partial charge on any atom is 0.264 e. The van der Waals surface area contributed by atoms with Crippen molar-refractivity contribution in [1.82, 2.24) is 5.32 Å². The van der Waals surface area contributed by atoms with E-state index in [9.17, 15) is 13.2 Å². The Bertz CT molecular complexity index is 1490. The highest BCUT2D eigenvalue weighted by atomic mass is 35.5. The molecule has 0 radical (unpaired) electrons. The van der Waals surface area contributed by atoms with Gasteiger partial charge in [0.2, 0.25) is 0 Å². The van der Waals surface area contributed by atoms with E-state index in [-0.39, 0.29) is 30.5 Å². The summed E-state index contributed by atoms with van der Waals surface area (Å²) >= 11 is 12.1. The first kappa shape index (κ1) is 27.5. The van der Waals surface area contributed by atoms with Crippen molar-refractivity contribution < 1.29 is 17.9 Å². The molecule has 0 fully saturated rings. The highest BCUT2D eigenvalue weighted by Crippen LogP contribution is 2.28. The van der Waals surface area contributed by atoms with Crippen LogP contribution in [0.15, 0.2) is 102 Å². The number of halogens is 2. The number of benzene rings is 4. The molecule has 0 aromatic heterocycles. The zero-order valence-corrected chi connectivity index (χ0v) is 22.9. The van der Waals surface area contributed by atoms with E-state index in [0.717, 1.165) is 16.7 Å². The summed E-state index contributed by atoms with van der Waals surface area (Å²) < 4.78 is 34.2. The summed E-state index contributed by atoms with van der Waals surface area (Å²) in [5.74, 6) is 0.126. The van der Waals surface area contributed by atoms with Gasteiger partial charge in [0.05, 0.1) is 17.1 Å². The van der Waals surface area contributed by atoms with Crippen LogP contribution in [0.4, 0.5) is 5.69 Å². The van der Waals surface area contributed by atoms with Gasteiger partial charge in [-0.1, -0.05) is 71.2 Å². The second kappa shape index (κ2) is 12.3. The minimum Gasteiger partial charge on any atom is -0.484 e. The van der Waals surface area contributed by atoms with Crippen molar-refractivity contribution in [2.75, 3.05) is 10.9 Å². The van der Waals surface area contributed by atoms with Crippen LogP contribution in [0.5, 0.6) is 5.75 Å². The molecule has 9 heteroatoms. The summed E-state index contributed by atoms with van der Waals surface area (Å²) in [5.41, 5.74) is 3.00. The van der Waals surface area contributed by atoms with Crippen molar-refractivity contribution in [2.24, 2.45) is 0 Å². The third-order valence-corrected chi connectivity index (χ3v) is 8.19. The second-order valence-electron chi connectivity index (χ2n) is 8.60. The molecular weight excluding hydrogens is 543 g/mol. The van der Waals surface area contributed by atoms with Crippen LogP contribution in [-0.2, 0) is 27.9 Å². The van der Waals surface area contributed by atoms with Gasteiger partial charge in [-0.15, -0.1) is 0 Å². The Labute approximate surface area is 232 Å². The summed E-state index contributed by atoms with van der Waals surface area (Å²) in [4.78, 5) is 12.4. The molecule has 6 nitrogen and oxygen atoms in total. The molecule has 4 rings (SSSR count). The van der Waals surface area contributed by atoms with E-state index in [4.69, 9.17) is 27.9 Å². The molecule has 0 atom stereocenters. The minimum atomic E-state index is -3.87. The third-order valence-electron chi connectivity index (χ3n) is 5.78. The Morgan fingerprint density at radius 3 is 2.18 bits per heavy atom. The number of hydrogen-bond donors (Lipinski definition) is 1. The van der Waals surface area contributed by atoms with Gasteiger partial charge >= 0.3 is 0 Å². The molecular formula is C29H26Cl2N2O4S. The van der Waals surface area contributed by atoms with Crippen molar-refractivity contribution in [2.45, 2.75) is 24.9 Å².